The average molecular weight is 877 g/mol. The summed E-state index contributed by atoms with van der Waals surface area (Å²) in [4.78, 5) is 53.1. The van der Waals surface area contributed by atoms with E-state index in [1.54, 1.807) is 13.2 Å². The van der Waals surface area contributed by atoms with Gasteiger partial charge in [-0.15, -0.1) is 0 Å². The second-order valence-electron chi connectivity index (χ2n) is 19.9. The summed E-state index contributed by atoms with van der Waals surface area (Å²) in [6, 6.07) is 7.07. The lowest BCUT2D eigenvalue weighted by Gasteiger charge is -2.65. The van der Waals surface area contributed by atoms with Crippen LogP contribution in [0.5, 0.6) is 5.75 Å². The number of methoxy groups -OCH3 is 1. The van der Waals surface area contributed by atoms with E-state index in [1.165, 1.54) is 0 Å². The fraction of sp³-hybridized carbons (Fsp3) is 0.735. The van der Waals surface area contributed by atoms with Gasteiger partial charge in [-0.3, -0.25) is 14.6 Å². The third-order valence-electron chi connectivity index (χ3n) is 16.2. The van der Waals surface area contributed by atoms with E-state index in [0.717, 1.165) is 120 Å². The zero-order valence-corrected chi connectivity index (χ0v) is 37.8. The maximum Gasteiger partial charge on any atom is 0.331 e. The molecule has 4 saturated carbocycles. The van der Waals surface area contributed by atoms with Crippen molar-refractivity contribution >= 4 is 29.8 Å². The number of hydrogen-bond acceptors (Lipinski definition) is 10. The monoisotopic (exact) mass is 877 g/mol. The summed E-state index contributed by atoms with van der Waals surface area (Å²) in [5, 5.41) is 12.0. The van der Waals surface area contributed by atoms with Crippen molar-refractivity contribution in [1.29, 1.82) is 0 Å². The minimum Gasteiger partial charge on any atom is -0.497 e. The molecule has 14 heteroatoms. The van der Waals surface area contributed by atoms with Crippen LogP contribution in [-0.4, -0.2) is 79.0 Å². The molecule has 14 nitrogen and oxygen atoms in total. The lowest BCUT2D eigenvalue weighted by molar-refractivity contribution is -0.319. The van der Waals surface area contributed by atoms with E-state index < -0.39 is 23.9 Å². The second-order valence-corrected chi connectivity index (χ2v) is 19.9. The van der Waals surface area contributed by atoms with Crippen molar-refractivity contribution in [3.05, 3.63) is 41.5 Å². The fourth-order valence-corrected chi connectivity index (χ4v) is 13.1. The molecule has 4 aliphatic carbocycles. The number of carboxylic acid groups (broad SMARTS) is 1. The molecule has 348 valence electrons. The summed E-state index contributed by atoms with van der Waals surface area (Å²) in [6.07, 6.45) is 18.2. The van der Waals surface area contributed by atoms with Gasteiger partial charge in [0.2, 0.25) is 5.91 Å². The van der Waals surface area contributed by atoms with Crippen LogP contribution < -0.4 is 21.5 Å². The Kier molecular flexibility index (Phi) is 15.1. The number of carboxylic acids is 1. The van der Waals surface area contributed by atoms with Crippen LogP contribution in [0.15, 0.2) is 40.9 Å². The van der Waals surface area contributed by atoms with Gasteiger partial charge < -0.3 is 45.6 Å². The smallest absolute Gasteiger partial charge is 0.331 e. The van der Waals surface area contributed by atoms with Crippen LogP contribution in [0.4, 0.5) is 0 Å². The Morgan fingerprint density at radius 1 is 0.921 bits per heavy atom. The molecule has 2 bridgehead atoms. The van der Waals surface area contributed by atoms with Crippen molar-refractivity contribution in [2.24, 2.45) is 51.0 Å². The molecule has 5 fully saturated rings. The largest absolute Gasteiger partial charge is 0.497 e. The van der Waals surface area contributed by atoms with Gasteiger partial charge >= 0.3 is 17.9 Å². The second kappa shape index (κ2) is 20.3. The van der Waals surface area contributed by atoms with Gasteiger partial charge in [0.25, 0.3) is 0 Å². The van der Waals surface area contributed by atoms with Crippen molar-refractivity contribution in [2.45, 2.75) is 172 Å². The SMILES string of the molecule is COc1ccc(C2O[C@H]3C[C@]4(O2)[C@@H]2CC[C@@H]5C[C@@H](OC(=O)CCCCCCCCCCC(=O)N[C@@H](CCCN=C(N)N)C(=O)O)CC[C@]5(C)[C@H]2CC[C@]4(C)[C@H]3C2=CC(=O)OC2)cc1. The Morgan fingerprint density at radius 3 is 2.30 bits per heavy atom. The Bertz CT molecular complexity index is 1850. The molecule has 1 amide bonds. The highest BCUT2D eigenvalue weighted by Crippen LogP contribution is 2.73. The molecule has 1 aromatic carbocycles. The van der Waals surface area contributed by atoms with Gasteiger partial charge in [0.15, 0.2) is 12.2 Å². The van der Waals surface area contributed by atoms with Crippen LogP contribution in [0.3, 0.4) is 0 Å². The number of cyclic esters (lactones) is 1. The molecular weight excluding hydrogens is 805 g/mol. The molecule has 7 rings (SSSR count). The number of guanidine groups is 1. The van der Waals surface area contributed by atoms with Gasteiger partial charge in [-0.2, -0.15) is 0 Å². The summed E-state index contributed by atoms with van der Waals surface area (Å²) in [6.45, 7) is 5.56. The molecule has 1 unspecified atom stereocenters. The minimum atomic E-state index is -1.06. The number of hydrogen-bond donors (Lipinski definition) is 4. The highest BCUT2D eigenvalue weighted by atomic mass is 16.7. The normalized spacial score (nSPS) is 33.4. The summed E-state index contributed by atoms with van der Waals surface area (Å²) >= 11 is 0. The maximum absolute atomic E-state index is 13.1. The standard InChI is InChI=1S/C49H72N4O10/c1-47-24-22-35(61-41(55)15-11-9-7-5-4-6-8-10-14-40(54)53-38(44(57)58)13-12-26-52-46(50)51)28-33(47)18-21-37-36(47)23-25-48(2)43(32-27-42(56)60-30-32)39-29-49(37,48)63-45(62-39)31-16-19-34(59-3)20-17-31/h16-17,19-20,27,33,35-39,43,45H,4-15,18,21-26,28-30H2,1-3H3,(H,53,54)(H,57,58)(H4,50,51,52)/t33-,35+,36+,37-,38+,39+,43+,45?,47+,48-,49+/m1/s1. The molecular formula is C49H72N4O10. The third kappa shape index (κ3) is 10.2. The Morgan fingerprint density at radius 2 is 1.63 bits per heavy atom. The molecule has 2 aliphatic heterocycles. The van der Waals surface area contributed by atoms with Crippen molar-refractivity contribution in [1.82, 2.24) is 5.32 Å². The number of nitrogens with one attached hydrogen (secondary N) is 1. The van der Waals surface area contributed by atoms with Gasteiger partial charge in [0, 0.05) is 48.8 Å². The number of rotatable bonds is 21. The summed E-state index contributed by atoms with van der Waals surface area (Å²) < 4.78 is 31.4. The molecule has 11 atom stereocenters. The van der Waals surface area contributed by atoms with E-state index >= 15 is 0 Å². The molecule has 0 aromatic heterocycles. The number of amides is 1. The van der Waals surface area contributed by atoms with Gasteiger partial charge in [0.05, 0.1) is 18.8 Å². The molecule has 63 heavy (non-hydrogen) atoms. The molecule has 1 aromatic rings. The van der Waals surface area contributed by atoms with Crippen molar-refractivity contribution in [2.75, 3.05) is 20.3 Å². The molecule has 1 saturated heterocycles. The number of unbranched alkanes of at least 4 members (excludes halogenated alkanes) is 7. The average Bonchev–Trinajstić information content (AvgIpc) is 3.76. The number of carbonyl (C=O) groups is 4. The summed E-state index contributed by atoms with van der Waals surface area (Å²) in [7, 11) is 1.67. The number of carbonyl (C=O) groups excluding carboxylic acids is 3. The summed E-state index contributed by atoms with van der Waals surface area (Å²) in [5.41, 5.74) is 12.2. The molecule has 6 N–H and O–H groups in total. The zero-order valence-electron chi connectivity index (χ0n) is 37.8. The number of nitrogens with two attached hydrogens (primary N) is 2. The fourth-order valence-electron chi connectivity index (χ4n) is 13.1. The van der Waals surface area contributed by atoms with Crippen LogP contribution >= 0.6 is 0 Å². The number of esters is 2. The maximum atomic E-state index is 13.1. The lowest BCUT2D eigenvalue weighted by Crippen LogP contribution is -2.63. The van der Waals surface area contributed by atoms with Crippen molar-refractivity contribution < 1.29 is 48.0 Å². The first-order valence-electron chi connectivity index (χ1n) is 23.9. The zero-order chi connectivity index (χ0) is 44.8. The van der Waals surface area contributed by atoms with E-state index in [9.17, 15) is 24.3 Å². The molecule has 0 radical (unpaired) electrons. The van der Waals surface area contributed by atoms with E-state index in [2.05, 4.69) is 24.2 Å². The summed E-state index contributed by atoms with van der Waals surface area (Å²) in [5.74, 6) is 0.495. The van der Waals surface area contributed by atoms with Gasteiger partial charge in [-0.05, 0) is 112 Å². The Hall–Kier alpha value is -4.17. The third-order valence-corrected chi connectivity index (χ3v) is 16.2. The van der Waals surface area contributed by atoms with Crippen LogP contribution in [0, 0.1) is 34.5 Å². The quantitative estimate of drug-likeness (QED) is 0.0412. The number of aliphatic imine (C=N–C) groups is 1. The van der Waals surface area contributed by atoms with Gasteiger partial charge in [0.1, 0.15) is 24.5 Å². The first-order valence-corrected chi connectivity index (χ1v) is 23.9. The predicted octanol–water partition coefficient (Wildman–Crippen LogP) is 7.42. The van der Waals surface area contributed by atoms with Crippen molar-refractivity contribution in [3.8, 4) is 5.75 Å². The van der Waals surface area contributed by atoms with Gasteiger partial charge in [-0.25, -0.2) is 9.59 Å². The van der Waals surface area contributed by atoms with Crippen LogP contribution in [0.2, 0.25) is 0 Å². The number of fused-ring (bicyclic) bond motifs is 4. The van der Waals surface area contributed by atoms with E-state index in [-0.39, 0.29) is 59.2 Å². The molecule has 2 heterocycles. The Labute approximate surface area is 373 Å². The topological polar surface area (TPSA) is 211 Å². The first kappa shape index (κ1) is 46.8. The number of nitrogens with zero attached hydrogens (tertiary/aromatic N) is 1. The molecule has 6 aliphatic rings. The minimum absolute atomic E-state index is 0.0296. The van der Waals surface area contributed by atoms with Crippen molar-refractivity contribution in [3.63, 3.8) is 0 Å². The number of aliphatic carboxylic acids is 1. The highest BCUT2D eigenvalue weighted by Gasteiger charge is 2.74. The van der Waals surface area contributed by atoms with E-state index in [4.69, 9.17) is 35.2 Å². The number of benzene rings is 1. The van der Waals surface area contributed by atoms with E-state index in [1.807, 2.05) is 24.3 Å². The van der Waals surface area contributed by atoms with Crippen LogP contribution in [0.1, 0.15) is 154 Å². The lowest BCUT2D eigenvalue weighted by atomic mass is 9.43. The Balaban J connectivity index is 0.836. The van der Waals surface area contributed by atoms with Gasteiger partial charge in [-0.1, -0.05) is 64.5 Å². The first-order chi connectivity index (χ1) is 30.3. The van der Waals surface area contributed by atoms with E-state index in [0.29, 0.717) is 50.2 Å². The number of ether oxygens (including phenoxy) is 5. The highest BCUT2D eigenvalue weighted by molar-refractivity contribution is 5.85. The van der Waals surface area contributed by atoms with Crippen LogP contribution in [-0.2, 0) is 38.1 Å². The molecule has 1 spiro atoms. The van der Waals surface area contributed by atoms with Crippen LogP contribution in [0.25, 0.3) is 0 Å². The predicted molar refractivity (Wildman–Crippen MR) is 236 cm³/mol.